The van der Waals surface area contributed by atoms with Gasteiger partial charge < -0.3 is 9.57 Å². The van der Waals surface area contributed by atoms with Gasteiger partial charge >= 0.3 is 5.97 Å². The van der Waals surface area contributed by atoms with Gasteiger partial charge in [-0.05, 0) is 40.8 Å². The van der Waals surface area contributed by atoms with E-state index in [9.17, 15) is 13.2 Å². The lowest BCUT2D eigenvalue weighted by molar-refractivity contribution is 0.0519. The zero-order valence-corrected chi connectivity index (χ0v) is 18.2. The predicted octanol–water partition coefficient (Wildman–Crippen LogP) is 3.20. The first-order chi connectivity index (χ1) is 14.2. The molecule has 3 rings (SSSR count). The molecule has 0 atom stereocenters. The van der Waals surface area contributed by atoms with Crippen LogP contribution >= 0.6 is 0 Å². The monoisotopic (exact) mass is 430 g/mol. The summed E-state index contributed by atoms with van der Waals surface area (Å²) in [5, 5.41) is 3.74. The van der Waals surface area contributed by atoms with E-state index < -0.39 is 16.0 Å². The number of carbonyl (C=O) groups is 1. The summed E-state index contributed by atoms with van der Waals surface area (Å²) in [7, 11) is -3.60. The fraction of sp³-hybridized carbons (Fsp3) is 0.364. The van der Waals surface area contributed by atoms with Crippen molar-refractivity contribution in [2.75, 3.05) is 26.3 Å². The molecule has 0 unspecified atom stereocenters. The molecule has 0 aliphatic carbocycles. The highest BCUT2D eigenvalue weighted by atomic mass is 32.2. The van der Waals surface area contributed by atoms with E-state index in [-0.39, 0.29) is 15.9 Å². The number of oxime groups is 1. The number of carbonyl (C=O) groups excluding carboxylic acids is 1. The second-order valence-corrected chi connectivity index (χ2v) is 9.96. The molecule has 30 heavy (non-hydrogen) atoms. The average molecular weight is 431 g/mol. The Morgan fingerprint density at radius 2 is 1.63 bits per heavy atom. The molecule has 7 nitrogen and oxygen atoms in total. The van der Waals surface area contributed by atoms with E-state index in [1.54, 1.807) is 0 Å². The average Bonchev–Trinajstić information content (AvgIpc) is 2.74. The van der Waals surface area contributed by atoms with Crippen LogP contribution in [0.1, 0.15) is 42.3 Å². The summed E-state index contributed by atoms with van der Waals surface area (Å²) >= 11 is 0. The molecule has 160 valence electrons. The summed E-state index contributed by atoms with van der Waals surface area (Å²) in [5.74, 6) is -0.659. The molecule has 0 saturated carbocycles. The molecule has 0 spiro atoms. The summed E-state index contributed by atoms with van der Waals surface area (Å²) in [6.45, 7) is 7.79. The summed E-state index contributed by atoms with van der Waals surface area (Å²) in [4.78, 5) is 17.2. The third-order valence-corrected chi connectivity index (χ3v) is 6.72. The van der Waals surface area contributed by atoms with Crippen molar-refractivity contribution in [3.05, 3.63) is 65.2 Å². The molecule has 1 fully saturated rings. The van der Waals surface area contributed by atoms with Crippen LogP contribution in [0.5, 0.6) is 0 Å². The number of hydrogen-bond acceptors (Lipinski definition) is 6. The summed E-state index contributed by atoms with van der Waals surface area (Å²) in [6, 6.07) is 13.5. The highest BCUT2D eigenvalue weighted by Crippen LogP contribution is 2.22. The normalized spacial score (nSPS) is 16.0. The minimum absolute atomic E-state index is 0.0591. The molecule has 0 radical (unpaired) electrons. The Morgan fingerprint density at radius 3 is 2.20 bits per heavy atom. The van der Waals surface area contributed by atoms with Crippen molar-refractivity contribution in [3.8, 4) is 0 Å². The van der Waals surface area contributed by atoms with E-state index in [4.69, 9.17) is 9.57 Å². The van der Waals surface area contributed by atoms with Gasteiger partial charge in [-0.3, -0.25) is 0 Å². The van der Waals surface area contributed by atoms with E-state index in [1.807, 2.05) is 24.3 Å². The fourth-order valence-electron chi connectivity index (χ4n) is 2.96. The standard InChI is InChI=1S/C22H26N2O5S/c1-22(2,3)19-8-4-17(5-9-19)16-23-29-21(25)18-6-10-20(11-7-18)30(26,27)24-12-14-28-15-13-24/h4-11,16H,12-15H2,1-3H3/b23-16+. The number of nitrogens with zero attached hydrogens (tertiary/aromatic N) is 2. The predicted molar refractivity (Wildman–Crippen MR) is 114 cm³/mol. The maximum atomic E-state index is 12.6. The molecular weight excluding hydrogens is 404 g/mol. The van der Waals surface area contributed by atoms with Gasteiger partial charge in [-0.1, -0.05) is 50.2 Å². The van der Waals surface area contributed by atoms with Crippen LogP contribution < -0.4 is 0 Å². The highest BCUT2D eigenvalue weighted by Gasteiger charge is 2.26. The number of ether oxygens (including phenoxy) is 1. The minimum Gasteiger partial charge on any atom is -0.379 e. The van der Waals surface area contributed by atoms with E-state index in [0.29, 0.717) is 26.3 Å². The molecule has 1 heterocycles. The third-order valence-electron chi connectivity index (χ3n) is 4.81. The molecule has 1 aliphatic rings. The van der Waals surface area contributed by atoms with Crippen LogP contribution in [-0.2, 0) is 25.0 Å². The lowest BCUT2D eigenvalue weighted by atomic mass is 9.87. The Balaban J connectivity index is 1.61. The number of rotatable bonds is 5. The lowest BCUT2D eigenvalue weighted by Crippen LogP contribution is -2.40. The van der Waals surface area contributed by atoms with E-state index in [1.165, 1.54) is 40.3 Å². The molecule has 2 aromatic rings. The maximum Gasteiger partial charge on any atom is 0.365 e. The van der Waals surface area contributed by atoms with Crippen LogP contribution in [0, 0.1) is 0 Å². The van der Waals surface area contributed by atoms with Crippen molar-refractivity contribution in [3.63, 3.8) is 0 Å². The highest BCUT2D eigenvalue weighted by molar-refractivity contribution is 7.89. The SMILES string of the molecule is CC(C)(C)c1ccc(/C=N/OC(=O)c2ccc(S(=O)(=O)N3CCOCC3)cc2)cc1. The number of hydrogen-bond donors (Lipinski definition) is 0. The van der Waals surface area contributed by atoms with Gasteiger partial charge in [0, 0.05) is 13.1 Å². The van der Waals surface area contributed by atoms with Gasteiger partial charge in [-0.15, -0.1) is 0 Å². The fourth-order valence-corrected chi connectivity index (χ4v) is 4.36. The van der Waals surface area contributed by atoms with Crippen LogP contribution in [0.4, 0.5) is 0 Å². The van der Waals surface area contributed by atoms with Crippen molar-refractivity contribution in [1.82, 2.24) is 4.31 Å². The first-order valence-corrected chi connectivity index (χ1v) is 11.2. The zero-order valence-electron chi connectivity index (χ0n) is 17.4. The third kappa shape index (κ3) is 5.33. The second-order valence-electron chi connectivity index (χ2n) is 8.03. The smallest absolute Gasteiger partial charge is 0.365 e. The van der Waals surface area contributed by atoms with Crippen molar-refractivity contribution in [2.24, 2.45) is 5.16 Å². The van der Waals surface area contributed by atoms with Gasteiger partial charge in [-0.2, -0.15) is 4.31 Å². The largest absolute Gasteiger partial charge is 0.379 e. The molecule has 2 aromatic carbocycles. The van der Waals surface area contributed by atoms with Crippen LogP contribution in [0.25, 0.3) is 0 Å². The molecule has 1 saturated heterocycles. The van der Waals surface area contributed by atoms with Gasteiger partial charge in [0.05, 0.1) is 29.9 Å². The quantitative estimate of drug-likeness (QED) is 0.413. The van der Waals surface area contributed by atoms with Crippen LogP contribution in [0.2, 0.25) is 0 Å². The maximum absolute atomic E-state index is 12.6. The molecule has 1 aliphatic heterocycles. The second kappa shape index (κ2) is 9.07. The Bertz CT molecular complexity index is 1000. The van der Waals surface area contributed by atoms with E-state index >= 15 is 0 Å². The number of morpholine rings is 1. The van der Waals surface area contributed by atoms with Gasteiger partial charge in [0.15, 0.2) is 0 Å². The van der Waals surface area contributed by atoms with Crippen molar-refractivity contribution in [2.45, 2.75) is 31.1 Å². The minimum atomic E-state index is -3.60. The Hall–Kier alpha value is -2.55. The van der Waals surface area contributed by atoms with Crippen LogP contribution in [0.15, 0.2) is 58.6 Å². The topological polar surface area (TPSA) is 85.3 Å². The number of sulfonamides is 1. The Morgan fingerprint density at radius 1 is 1.03 bits per heavy atom. The van der Waals surface area contributed by atoms with Crippen molar-refractivity contribution in [1.29, 1.82) is 0 Å². The molecule has 0 aromatic heterocycles. The van der Waals surface area contributed by atoms with E-state index in [2.05, 4.69) is 25.9 Å². The van der Waals surface area contributed by atoms with Crippen LogP contribution in [-0.4, -0.2) is 51.2 Å². The summed E-state index contributed by atoms with van der Waals surface area (Å²) < 4.78 is 31.8. The first kappa shape index (κ1) is 22.1. The summed E-state index contributed by atoms with van der Waals surface area (Å²) in [6.07, 6.45) is 1.46. The van der Waals surface area contributed by atoms with Crippen molar-refractivity contribution >= 4 is 22.2 Å². The Kier molecular flexibility index (Phi) is 6.70. The molecular formula is C22H26N2O5S. The molecule has 0 N–H and O–H groups in total. The summed E-state index contributed by atoms with van der Waals surface area (Å²) in [5.41, 5.74) is 2.28. The molecule has 8 heteroatoms. The number of benzene rings is 2. The van der Waals surface area contributed by atoms with E-state index in [0.717, 1.165) is 5.56 Å². The zero-order chi connectivity index (χ0) is 21.8. The van der Waals surface area contributed by atoms with Gasteiger partial charge in [-0.25, -0.2) is 13.2 Å². The molecule has 0 bridgehead atoms. The van der Waals surface area contributed by atoms with Gasteiger partial charge in [0.2, 0.25) is 10.0 Å². The van der Waals surface area contributed by atoms with Crippen molar-refractivity contribution < 1.29 is 22.8 Å². The first-order valence-electron chi connectivity index (χ1n) is 9.71. The van der Waals surface area contributed by atoms with Gasteiger partial charge in [0.1, 0.15) is 0 Å². The van der Waals surface area contributed by atoms with Crippen LogP contribution in [0.3, 0.4) is 0 Å². The Labute approximate surface area is 177 Å². The van der Waals surface area contributed by atoms with Gasteiger partial charge in [0.25, 0.3) is 0 Å². The molecule has 0 amide bonds. The lowest BCUT2D eigenvalue weighted by Gasteiger charge is -2.26.